The number of carbonyl (C=O) groups is 2. The Bertz CT molecular complexity index is 803. The molecule has 0 spiro atoms. The van der Waals surface area contributed by atoms with Crippen LogP contribution in [0, 0.1) is 10.1 Å². The molecule has 2 aromatic carbocycles. The number of ether oxygens (including phenoxy) is 1. The number of aliphatic carboxylic acids is 1. The van der Waals surface area contributed by atoms with E-state index in [0.717, 1.165) is 16.7 Å². The molecule has 0 aromatic heterocycles. The molecule has 0 atom stereocenters. The average molecular weight is 361 g/mol. The van der Waals surface area contributed by atoms with Crippen molar-refractivity contribution in [1.82, 2.24) is 0 Å². The molecule has 0 heterocycles. The number of nitro benzene ring substituents is 1. The molecule has 2 rings (SSSR count). The fourth-order valence-corrected chi connectivity index (χ4v) is 2.96. The highest BCUT2D eigenvalue weighted by Gasteiger charge is 2.19. The van der Waals surface area contributed by atoms with Crippen molar-refractivity contribution < 1.29 is 24.4 Å². The third-order valence-electron chi connectivity index (χ3n) is 3.17. The second kappa shape index (κ2) is 8.29. The molecule has 130 valence electrons. The van der Waals surface area contributed by atoms with Gasteiger partial charge in [-0.15, -0.1) is 0 Å². The zero-order chi connectivity index (χ0) is 18.4. The van der Waals surface area contributed by atoms with Crippen LogP contribution in [0.3, 0.4) is 0 Å². The Morgan fingerprint density at radius 2 is 1.88 bits per heavy atom. The molecular weight excluding hydrogens is 346 g/mol. The monoisotopic (exact) mass is 361 g/mol. The summed E-state index contributed by atoms with van der Waals surface area (Å²) in [5.74, 6) is -1.54. The van der Waals surface area contributed by atoms with E-state index in [9.17, 15) is 19.7 Å². The minimum Gasteiger partial charge on any atom is -0.481 e. The molecule has 8 heteroatoms. The Hall–Kier alpha value is -2.87. The van der Waals surface area contributed by atoms with Gasteiger partial charge in [-0.2, -0.15) is 0 Å². The molecular formula is C17H15NO6S. The van der Waals surface area contributed by atoms with Crippen LogP contribution in [0.4, 0.5) is 5.69 Å². The largest absolute Gasteiger partial charge is 0.481 e. The molecule has 0 unspecified atom stereocenters. The van der Waals surface area contributed by atoms with E-state index in [4.69, 9.17) is 9.84 Å². The number of carboxylic acids is 1. The van der Waals surface area contributed by atoms with Crippen molar-refractivity contribution in [3.63, 3.8) is 0 Å². The summed E-state index contributed by atoms with van der Waals surface area (Å²) in [7, 11) is 0. The smallest absolute Gasteiger partial charge is 0.338 e. The number of esters is 1. The normalized spacial score (nSPS) is 10.3. The van der Waals surface area contributed by atoms with Gasteiger partial charge in [0, 0.05) is 11.0 Å². The summed E-state index contributed by atoms with van der Waals surface area (Å²) in [6.07, 6.45) is -0.0840. The van der Waals surface area contributed by atoms with Gasteiger partial charge in [0.2, 0.25) is 0 Å². The summed E-state index contributed by atoms with van der Waals surface area (Å²) >= 11 is 1.16. The van der Waals surface area contributed by atoms with Crippen LogP contribution in [0.15, 0.2) is 52.3 Å². The minimum atomic E-state index is -0.925. The SMILES string of the molecule is CCOC(=O)c1ccc(Sc2ccc(CC(=O)O)cc2)c([N+](=O)[O-])c1. The average Bonchev–Trinajstić information content (AvgIpc) is 2.56. The number of hydrogen-bond acceptors (Lipinski definition) is 6. The quantitative estimate of drug-likeness (QED) is 0.456. The van der Waals surface area contributed by atoms with Crippen LogP contribution in [0.25, 0.3) is 0 Å². The van der Waals surface area contributed by atoms with E-state index in [1.807, 2.05) is 0 Å². The van der Waals surface area contributed by atoms with Crippen LogP contribution in [-0.4, -0.2) is 28.6 Å². The first-order valence-electron chi connectivity index (χ1n) is 7.35. The summed E-state index contributed by atoms with van der Waals surface area (Å²) in [6, 6.07) is 10.9. The van der Waals surface area contributed by atoms with Gasteiger partial charge in [-0.1, -0.05) is 23.9 Å². The van der Waals surface area contributed by atoms with Crippen molar-refractivity contribution in [2.45, 2.75) is 23.1 Å². The van der Waals surface area contributed by atoms with Gasteiger partial charge in [-0.25, -0.2) is 4.79 Å². The van der Waals surface area contributed by atoms with E-state index >= 15 is 0 Å². The van der Waals surface area contributed by atoms with Crippen molar-refractivity contribution in [2.75, 3.05) is 6.61 Å². The lowest BCUT2D eigenvalue weighted by atomic mass is 10.2. The molecule has 0 aliphatic rings. The number of benzene rings is 2. The number of hydrogen-bond donors (Lipinski definition) is 1. The standard InChI is InChI=1S/C17H15NO6S/c1-2-24-17(21)12-5-8-15(14(10-12)18(22)23)25-13-6-3-11(4-7-13)9-16(19)20/h3-8,10H,2,9H2,1H3,(H,19,20). The van der Waals surface area contributed by atoms with Crippen LogP contribution in [0.1, 0.15) is 22.8 Å². The van der Waals surface area contributed by atoms with E-state index < -0.39 is 16.9 Å². The first kappa shape index (κ1) is 18.5. The molecule has 0 saturated carbocycles. The molecule has 1 N–H and O–H groups in total. The van der Waals surface area contributed by atoms with Crippen LogP contribution in [-0.2, 0) is 16.0 Å². The van der Waals surface area contributed by atoms with Gasteiger partial charge in [0.1, 0.15) is 0 Å². The molecule has 0 fully saturated rings. The highest BCUT2D eigenvalue weighted by molar-refractivity contribution is 7.99. The Morgan fingerprint density at radius 3 is 2.44 bits per heavy atom. The fraction of sp³-hybridized carbons (Fsp3) is 0.176. The molecule has 0 radical (unpaired) electrons. The summed E-state index contributed by atoms with van der Waals surface area (Å²) < 4.78 is 4.85. The lowest BCUT2D eigenvalue weighted by Crippen LogP contribution is -2.05. The Kier molecular flexibility index (Phi) is 6.13. The molecule has 0 bridgehead atoms. The highest BCUT2D eigenvalue weighted by atomic mass is 32.2. The first-order chi connectivity index (χ1) is 11.9. The van der Waals surface area contributed by atoms with E-state index in [2.05, 4.69) is 0 Å². The van der Waals surface area contributed by atoms with Gasteiger partial charge in [0.05, 0.1) is 28.4 Å². The summed E-state index contributed by atoms with van der Waals surface area (Å²) in [6.45, 7) is 1.84. The maximum absolute atomic E-state index is 11.7. The van der Waals surface area contributed by atoms with Crippen LogP contribution in [0.2, 0.25) is 0 Å². The third-order valence-corrected chi connectivity index (χ3v) is 4.25. The van der Waals surface area contributed by atoms with E-state index in [1.54, 1.807) is 31.2 Å². The number of nitrogens with zero attached hydrogens (tertiary/aromatic N) is 1. The zero-order valence-corrected chi connectivity index (χ0v) is 14.1. The van der Waals surface area contributed by atoms with Crippen molar-refractivity contribution >= 4 is 29.4 Å². The Balaban J connectivity index is 2.25. The number of rotatable bonds is 7. The molecule has 0 aliphatic carbocycles. The summed E-state index contributed by atoms with van der Waals surface area (Å²) in [5.41, 5.74) is 0.573. The van der Waals surface area contributed by atoms with Gasteiger partial charge in [0.25, 0.3) is 5.69 Å². The van der Waals surface area contributed by atoms with Crippen molar-refractivity contribution in [3.8, 4) is 0 Å². The van der Waals surface area contributed by atoms with E-state index in [-0.39, 0.29) is 24.3 Å². The van der Waals surface area contributed by atoms with E-state index in [0.29, 0.717) is 10.5 Å². The minimum absolute atomic E-state index is 0.0840. The van der Waals surface area contributed by atoms with E-state index in [1.165, 1.54) is 18.2 Å². The van der Waals surface area contributed by atoms with Gasteiger partial charge < -0.3 is 9.84 Å². The molecule has 2 aromatic rings. The second-order valence-electron chi connectivity index (χ2n) is 4.98. The number of carbonyl (C=O) groups excluding carboxylic acids is 1. The lowest BCUT2D eigenvalue weighted by Gasteiger charge is -2.06. The molecule has 7 nitrogen and oxygen atoms in total. The lowest BCUT2D eigenvalue weighted by molar-refractivity contribution is -0.387. The fourth-order valence-electron chi connectivity index (χ4n) is 2.06. The predicted molar refractivity (Wildman–Crippen MR) is 91.0 cm³/mol. The molecule has 25 heavy (non-hydrogen) atoms. The van der Waals surface area contributed by atoms with Crippen LogP contribution in [0.5, 0.6) is 0 Å². The summed E-state index contributed by atoms with van der Waals surface area (Å²) in [5, 5.41) is 20.1. The van der Waals surface area contributed by atoms with Crippen LogP contribution < -0.4 is 0 Å². The van der Waals surface area contributed by atoms with Gasteiger partial charge in [-0.3, -0.25) is 14.9 Å². The van der Waals surface area contributed by atoms with Crippen LogP contribution >= 0.6 is 11.8 Å². The first-order valence-corrected chi connectivity index (χ1v) is 8.16. The maximum atomic E-state index is 11.7. The topological polar surface area (TPSA) is 107 Å². The Morgan fingerprint density at radius 1 is 1.20 bits per heavy atom. The number of nitro groups is 1. The van der Waals surface area contributed by atoms with Crippen molar-refractivity contribution in [1.29, 1.82) is 0 Å². The van der Waals surface area contributed by atoms with Crippen molar-refractivity contribution in [2.24, 2.45) is 0 Å². The van der Waals surface area contributed by atoms with Gasteiger partial charge >= 0.3 is 11.9 Å². The molecule has 0 saturated heterocycles. The van der Waals surface area contributed by atoms with Gasteiger partial charge in [0.15, 0.2) is 0 Å². The Labute approximate surface area is 147 Å². The highest BCUT2D eigenvalue weighted by Crippen LogP contribution is 2.35. The number of carboxylic acid groups (broad SMARTS) is 1. The third kappa shape index (κ3) is 5.05. The molecule has 0 amide bonds. The second-order valence-corrected chi connectivity index (χ2v) is 6.09. The maximum Gasteiger partial charge on any atom is 0.338 e. The predicted octanol–water partition coefficient (Wildman–Crippen LogP) is 3.55. The van der Waals surface area contributed by atoms with Gasteiger partial charge in [-0.05, 0) is 36.8 Å². The molecule has 0 aliphatic heterocycles. The van der Waals surface area contributed by atoms with Crippen molar-refractivity contribution in [3.05, 3.63) is 63.7 Å². The zero-order valence-electron chi connectivity index (χ0n) is 13.3. The summed E-state index contributed by atoms with van der Waals surface area (Å²) in [4.78, 5) is 34.2.